The number of aromatic nitrogens is 6. The number of alkyl halides is 1. The number of aryl methyl sites for hydroxylation is 1. The molecule has 0 bridgehead atoms. The lowest BCUT2D eigenvalue weighted by Crippen LogP contribution is -2.42. The Hall–Kier alpha value is -3.57. The molecule has 172 valence electrons. The molecule has 10 nitrogen and oxygen atoms in total. The van der Waals surface area contributed by atoms with Crippen molar-refractivity contribution in [3.63, 3.8) is 0 Å². The predicted molar refractivity (Wildman–Crippen MR) is 121 cm³/mol. The quantitative estimate of drug-likeness (QED) is 0.378. The average Bonchev–Trinajstić information content (AvgIpc) is 3.36. The topological polar surface area (TPSA) is 122 Å². The highest BCUT2D eigenvalue weighted by Gasteiger charge is 2.27. The van der Waals surface area contributed by atoms with E-state index in [0.29, 0.717) is 33.4 Å². The standard InChI is InChI=1S/C21H22ClFN8O2/c1-21(2,33)18(23)10-26-20(32)14-8-24-16(5-15(14)29-13-7-27-30(3)11-13)17-9-25-19-4-12(22)6-28-31(17)19/h4-9,11,18,33H,10H2,1-3H3,(H,24,29)(H,26,32)/t18-/m1/s1. The molecule has 1 atom stereocenters. The van der Waals surface area contributed by atoms with E-state index >= 15 is 0 Å². The van der Waals surface area contributed by atoms with Crippen LogP contribution < -0.4 is 10.6 Å². The second kappa shape index (κ2) is 8.75. The molecular weight excluding hydrogens is 451 g/mol. The smallest absolute Gasteiger partial charge is 0.255 e. The van der Waals surface area contributed by atoms with Gasteiger partial charge in [0.1, 0.15) is 11.9 Å². The minimum absolute atomic E-state index is 0.190. The van der Waals surface area contributed by atoms with E-state index in [4.69, 9.17) is 11.6 Å². The lowest BCUT2D eigenvalue weighted by atomic mass is 10.0. The molecule has 0 fully saturated rings. The Kier molecular flexibility index (Phi) is 6.00. The third-order valence-electron chi connectivity index (χ3n) is 4.93. The van der Waals surface area contributed by atoms with Gasteiger partial charge in [-0.3, -0.25) is 14.5 Å². The molecule has 4 aromatic rings. The zero-order valence-corrected chi connectivity index (χ0v) is 18.9. The monoisotopic (exact) mass is 472 g/mol. The van der Waals surface area contributed by atoms with Crippen LogP contribution in [0.15, 0.2) is 43.1 Å². The zero-order chi connectivity index (χ0) is 23.8. The van der Waals surface area contributed by atoms with Crippen molar-refractivity contribution in [3.8, 4) is 11.4 Å². The van der Waals surface area contributed by atoms with E-state index in [9.17, 15) is 14.3 Å². The first kappa shape index (κ1) is 22.6. The van der Waals surface area contributed by atoms with Crippen molar-refractivity contribution in [2.75, 3.05) is 11.9 Å². The Bertz CT molecular complexity index is 1310. The molecule has 12 heteroatoms. The fourth-order valence-corrected chi connectivity index (χ4v) is 3.22. The van der Waals surface area contributed by atoms with E-state index in [1.54, 1.807) is 47.0 Å². The molecule has 0 unspecified atom stereocenters. The number of anilines is 2. The van der Waals surface area contributed by atoms with Crippen LogP contribution in [0.4, 0.5) is 15.8 Å². The second-order valence-corrected chi connectivity index (χ2v) is 8.50. The Morgan fingerprint density at radius 3 is 2.70 bits per heavy atom. The minimum Gasteiger partial charge on any atom is -0.387 e. The number of hydrogen-bond acceptors (Lipinski definition) is 7. The summed E-state index contributed by atoms with van der Waals surface area (Å²) < 4.78 is 17.3. The lowest BCUT2D eigenvalue weighted by molar-refractivity contribution is -0.00177. The molecule has 4 rings (SSSR count). The largest absolute Gasteiger partial charge is 0.387 e. The molecule has 0 aliphatic heterocycles. The van der Waals surface area contributed by atoms with Crippen molar-refractivity contribution in [3.05, 3.63) is 53.7 Å². The number of carbonyl (C=O) groups excluding carboxylic acids is 1. The van der Waals surface area contributed by atoms with Crippen molar-refractivity contribution >= 4 is 34.5 Å². The SMILES string of the molecule is Cn1cc(Nc2cc(-c3cnc4cc(Cl)cnn34)ncc2C(=O)NC[C@@H](F)C(C)(C)O)cn1. The Labute approximate surface area is 193 Å². The summed E-state index contributed by atoms with van der Waals surface area (Å²) in [5.74, 6) is -0.546. The van der Waals surface area contributed by atoms with E-state index in [1.807, 2.05) is 0 Å². The van der Waals surface area contributed by atoms with Gasteiger partial charge in [0.2, 0.25) is 0 Å². The first-order valence-corrected chi connectivity index (χ1v) is 10.4. The van der Waals surface area contributed by atoms with Crippen LogP contribution in [0.1, 0.15) is 24.2 Å². The van der Waals surface area contributed by atoms with Gasteiger partial charge >= 0.3 is 0 Å². The number of rotatable bonds is 7. The number of aliphatic hydroxyl groups is 1. The summed E-state index contributed by atoms with van der Waals surface area (Å²) in [4.78, 5) is 21.5. The molecule has 0 spiro atoms. The number of pyridine rings is 1. The molecular formula is C21H22ClFN8O2. The summed E-state index contributed by atoms with van der Waals surface area (Å²) in [6.07, 6.45) is 6.18. The highest BCUT2D eigenvalue weighted by Crippen LogP contribution is 2.27. The van der Waals surface area contributed by atoms with Gasteiger partial charge in [-0.15, -0.1) is 0 Å². The van der Waals surface area contributed by atoms with Crippen molar-refractivity contribution in [2.45, 2.75) is 25.6 Å². The molecule has 0 aromatic carbocycles. The van der Waals surface area contributed by atoms with Gasteiger partial charge in [0.15, 0.2) is 5.65 Å². The lowest BCUT2D eigenvalue weighted by Gasteiger charge is -2.22. The van der Waals surface area contributed by atoms with Gasteiger partial charge in [0.05, 0.1) is 58.4 Å². The Morgan fingerprint density at radius 1 is 1.21 bits per heavy atom. The summed E-state index contributed by atoms with van der Waals surface area (Å²) in [7, 11) is 1.77. The summed E-state index contributed by atoms with van der Waals surface area (Å²) in [5, 5.41) is 24.3. The first-order valence-electron chi connectivity index (χ1n) is 10.0. The van der Waals surface area contributed by atoms with E-state index < -0.39 is 17.7 Å². The average molecular weight is 473 g/mol. The Morgan fingerprint density at radius 2 is 2.00 bits per heavy atom. The highest BCUT2D eigenvalue weighted by molar-refractivity contribution is 6.30. The molecule has 0 saturated carbocycles. The molecule has 33 heavy (non-hydrogen) atoms. The van der Waals surface area contributed by atoms with Crippen LogP contribution in [0.3, 0.4) is 0 Å². The van der Waals surface area contributed by atoms with Crippen molar-refractivity contribution in [2.24, 2.45) is 7.05 Å². The number of halogens is 2. The van der Waals surface area contributed by atoms with Gasteiger partial charge in [0, 0.05) is 25.5 Å². The number of fused-ring (bicyclic) bond motifs is 1. The third kappa shape index (κ3) is 4.94. The van der Waals surface area contributed by atoms with Gasteiger partial charge in [-0.05, 0) is 19.9 Å². The van der Waals surface area contributed by atoms with E-state index in [1.165, 1.54) is 26.2 Å². The fourth-order valence-electron chi connectivity index (χ4n) is 3.08. The normalized spacial score (nSPS) is 12.7. The molecule has 3 N–H and O–H groups in total. The number of carbonyl (C=O) groups is 1. The summed E-state index contributed by atoms with van der Waals surface area (Å²) in [6.45, 7) is 2.33. The van der Waals surface area contributed by atoms with E-state index in [-0.39, 0.29) is 12.1 Å². The summed E-state index contributed by atoms with van der Waals surface area (Å²) in [6, 6.07) is 3.34. The Balaban J connectivity index is 1.69. The number of nitrogens with one attached hydrogen (secondary N) is 2. The predicted octanol–water partition coefficient (Wildman–Crippen LogP) is 2.76. The van der Waals surface area contributed by atoms with Gasteiger partial charge < -0.3 is 15.7 Å². The second-order valence-electron chi connectivity index (χ2n) is 8.06. The first-order chi connectivity index (χ1) is 15.6. The van der Waals surface area contributed by atoms with Crippen LogP contribution in [-0.4, -0.2) is 58.7 Å². The van der Waals surface area contributed by atoms with Crippen LogP contribution in [-0.2, 0) is 7.05 Å². The van der Waals surface area contributed by atoms with Crippen LogP contribution in [0.5, 0.6) is 0 Å². The van der Waals surface area contributed by atoms with Gasteiger partial charge in [0.25, 0.3) is 5.91 Å². The summed E-state index contributed by atoms with van der Waals surface area (Å²) in [5.41, 5.74) is 1.32. The summed E-state index contributed by atoms with van der Waals surface area (Å²) >= 11 is 5.99. The highest BCUT2D eigenvalue weighted by atomic mass is 35.5. The van der Waals surface area contributed by atoms with E-state index in [0.717, 1.165) is 0 Å². The molecule has 0 aliphatic carbocycles. The number of hydrogen-bond donors (Lipinski definition) is 3. The van der Waals surface area contributed by atoms with Crippen molar-refractivity contribution in [1.82, 2.24) is 34.7 Å². The maximum Gasteiger partial charge on any atom is 0.255 e. The van der Waals surface area contributed by atoms with Gasteiger partial charge in [-0.2, -0.15) is 10.2 Å². The minimum atomic E-state index is -1.64. The molecule has 4 heterocycles. The zero-order valence-electron chi connectivity index (χ0n) is 18.1. The third-order valence-corrected chi connectivity index (χ3v) is 5.14. The van der Waals surface area contributed by atoms with Gasteiger partial charge in [-0.1, -0.05) is 11.6 Å². The molecule has 4 aromatic heterocycles. The molecule has 0 aliphatic rings. The molecule has 1 amide bonds. The maximum atomic E-state index is 14.1. The van der Waals surface area contributed by atoms with Crippen molar-refractivity contribution in [1.29, 1.82) is 0 Å². The number of nitrogens with zero attached hydrogens (tertiary/aromatic N) is 6. The fraction of sp³-hybridized carbons (Fsp3) is 0.286. The van der Waals surface area contributed by atoms with Crippen LogP contribution >= 0.6 is 11.6 Å². The molecule has 0 saturated heterocycles. The number of amides is 1. The van der Waals surface area contributed by atoms with E-state index in [2.05, 4.69) is 30.8 Å². The van der Waals surface area contributed by atoms with Crippen LogP contribution in [0, 0.1) is 0 Å². The van der Waals surface area contributed by atoms with Crippen LogP contribution in [0.2, 0.25) is 5.02 Å². The van der Waals surface area contributed by atoms with Gasteiger partial charge in [-0.25, -0.2) is 13.9 Å². The molecule has 0 radical (unpaired) electrons. The van der Waals surface area contributed by atoms with Crippen LogP contribution in [0.25, 0.3) is 17.0 Å². The maximum absolute atomic E-state index is 14.1. The number of imidazole rings is 1. The van der Waals surface area contributed by atoms with Crippen molar-refractivity contribution < 1.29 is 14.3 Å².